The third-order valence-corrected chi connectivity index (χ3v) is 2.60. The summed E-state index contributed by atoms with van der Waals surface area (Å²) in [6, 6.07) is 0. The van der Waals surface area contributed by atoms with Gasteiger partial charge in [0.1, 0.15) is 12.4 Å². The Kier molecular flexibility index (Phi) is 2.31. The average Bonchev–Trinajstić information content (AvgIpc) is 2.60. The van der Waals surface area contributed by atoms with E-state index >= 15 is 0 Å². The lowest BCUT2D eigenvalue weighted by atomic mass is 10.1. The summed E-state index contributed by atoms with van der Waals surface area (Å²) in [4.78, 5) is 0. The SMILES string of the molecule is CCC(C)c1nnc2n1CCOC2. The number of hydrogen-bond donors (Lipinski definition) is 0. The molecule has 2 heterocycles. The molecule has 4 nitrogen and oxygen atoms in total. The molecule has 0 saturated carbocycles. The lowest BCUT2D eigenvalue weighted by molar-refractivity contribution is 0.0803. The number of fused-ring (bicyclic) bond motifs is 1. The van der Waals surface area contributed by atoms with Crippen LogP contribution in [0, 0.1) is 0 Å². The molecule has 13 heavy (non-hydrogen) atoms. The Balaban J connectivity index is 2.31. The van der Waals surface area contributed by atoms with Crippen LogP contribution in [0.15, 0.2) is 0 Å². The predicted molar refractivity (Wildman–Crippen MR) is 48.4 cm³/mol. The van der Waals surface area contributed by atoms with Gasteiger partial charge in [0.05, 0.1) is 6.61 Å². The van der Waals surface area contributed by atoms with Crippen molar-refractivity contribution in [1.82, 2.24) is 14.8 Å². The first-order valence-electron chi connectivity index (χ1n) is 4.82. The average molecular weight is 181 g/mol. The maximum atomic E-state index is 5.30. The van der Waals surface area contributed by atoms with Crippen LogP contribution >= 0.6 is 0 Å². The topological polar surface area (TPSA) is 39.9 Å². The summed E-state index contributed by atoms with van der Waals surface area (Å²) >= 11 is 0. The second kappa shape index (κ2) is 3.46. The Hall–Kier alpha value is -0.900. The van der Waals surface area contributed by atoms with Gasteiger partial charge in [0.2, 0.25) is 0 Å². The molecular formula is C9H15N3O. The Morgan fingerprint density at radius 3 is 3.15 bits per heavy atom. The van der Waals surface area contributed by atoms with Gasteiger partial charge in [0.25, 0.3) is 0 Å². The lowest BCUT2D eigenvalue weighted by Crippen LogP contribution is -2.19. The van der Waals surface area contributed by atoms with Crippen LogP contribution in [-0.2, 0) is 17.9 Å². The molecule has 0 aliphatic carbocycles. The summed E-state index contributed by atoms with van der Waals surface area (Å²) in [5.41, 5.74) is 0. The zero-order valence-corrected chi connectivity index (χ0v) is 8.16. The smallest absolute Gasteiger partial charge is 0.159 e. The van der Waals surface area contributed by atoms with Crippen molar-refractivity contribution in [3.8, 4) is 0 Å². The van der Waals surface area contributed by atoms with Gasteiger partial charge in [-0.05, 0) is 6.42 Å². The van der Waals surface area contributed by atoms with Crippen molar-refractivity contribution in [3.63, 3.8) is 0 Å². The van der Waals surface area contributed by atoms with Crippen LogP contribution in [0.4, 0.5) is 0 Å². The maximum absolute atomic E-state index is 5.30. The van der Waals surface area contributed by atoms with Gasteiger partial charge in [-0.25, -0.2) is 0 Å². The van der Waals surface area contributed by atoms with Crippen molar-refractivity contribution in [2.45, 2.75) is 39.3 Å². The second-order valence-corrected chi connectivity index (χ2v) is 3.49. The highest BCUT2D eigenvalue weighted by molar-refractivity contribution is 5.01. The Morgan fingerprint density at radius 2 is 2.38 bits per heavy atom. The summed E-state index contributed by atoms with van der Waals surface area (Å²) in [6.45, 7) is 6.66. The molecule has 1 aliphatic heterocycles. The van der Waals surface area contributed by atoms with Gasteiger partial charge in [0, 0.05) is 12.5 Å². The number of ether oxygens (including phenoxy) is 1. The third-order valence-electron chi connectivity index (χ3n) is 2.60. The first-order valence-corrected chi connectivity index (χ1v) is 4.82. The molecule has 72 valence electrons. The van der Waals surface area contributed by atoms with E-state index in [1.807, 2.05) is 0 Å². The third kappa shape index (κ3) is 1.46. The van der Waals surface area contributed by atoms with E-state index in [0.717, 1.165) is 31.2 Å². The highest BCUT2D eigenvalue weighted by atomic mass is 16.5. The molecule has 0 amide bonds. The molecule has 1 aromatic heterocycles. The van der Waals surface area contributed by atoms with Crippen molar-refractivity contribution in [3.05, 3.63) is 11.6 Å². The molecule has 0 saturated heterocycles. The van der Waals surface area contributed by atoms with Crippen molar-refractivity contribution < 1.29 is 4.74 Å². The standard InChI is InChI=1S/C9H15N3O/c1-3-7(2)9-11-10-8-6-13-5-4-12(8)9/h7H,3-6H2,1-2H3. The minimum Gasteiger partial charge on any atom is -0.372 e. The Bertz CT molecular complexity index is 295. The van der Waals surface area contributed by atoms with Gasteiger partial charge < -0.3 is 9.30 Å². The van der Waals surface area contributed by atoms with Crippen molar-refractivity contribution in [2.24, 2.45) is 0 Å². The van der Waals surface area contributed by atoms with Gasteiger partial charge in [-0.1, -0.05) is 13.8 Å². The summed E-state index contributed by atoms with van der Waals surface area (Å²) in [6.07, 6.45) is 1.11. The van der Waals surface area contributed by atoms with E-state index in [4.69, 9.17) is 4.74 Å². The van der Waals surface area contributed by atoms with Crippen LogP contribution in [-0.4, -0.2) is 21.4 Å². The van der Waals surface area contributed by atoms with Gasteiger partial charge in [-0.3, -0.25) is 0 Å². The quantitative estimate of drug-likeness (QED) is 0.691. The van der Waals surface area contributed by atoms with Crippen LogP contribution in [0.5, 0.6) is 0 Å². The molecule has 0 spiro atoms. The maximum Gasteiger partial charge on any atom is 0.159 e. The zero-order chi connectivity index (χ0) is 9.26. The highest BCUT2D eigenvalue weighted by Gasteiger charge is 2.18. The minimum atomic E-state index is 0.499. The van der Waals surface area contributed by atoms with Gasteiger partial charge in [-0.2, -0.15) is 0 Å². The molecule has 1 unspecified atom stereocenters. The molecular weight excluding hydrogens is 166 g/mol. The first-order chi connectivity index (χ1) is 6.33. The van der Waals surface area contributed by atoms with Gasteiger partial charge in [-0.15, -0.1) is 10.2 Å². The molecule has 0 radical (unpaired) electrons. The summed E-state index contributed by atoms with van der Waals surface area (Å²) in [5.74, 6) is 2.58. The lowest BCUT2D eigenvalue weighted by Gasteiger charge is -2.17. The summed E-state index contributed by atoms with van der Waals surface area (Å²) < 4.78 is 7.49. The summed E-state index contributed by atoms with van der Waals surface area (Å²) in [5, 5.41) is 8.32. The van der Waals surface area contributed by atoms with Crippen LogP contribution < -0.4 is 0 Å². The zero-order valence-electron chi connectivity index (χ0n) is 8.16. The normalized spacial score (nSPS) is 18.3. The van der Waals surface area contributed by atoms with E-state index in [0.29, 0.717) is 12.5 Å². The van der Waals surface area contributed by atoms with Gasteiger partial charge >= 0.3 is 0 Å². The number of hydrogen-bond acceptors (Lipinski definition) is 3. The first kappa shape index (κ1) is 8.69. The summed E-state index contributed by atoms with van der Waals surface area (Å²) in [7, 11) is 0. The number of nitrogens with zero attached hydrogens (tertiary/aromatic N) is 3. The molecule has 2 rings (SSSR count). The largest absolute Gasteiger partial charge is 0.372 e. The van der Waals surface area contributed by atoms with Crippen molar-refractivity contribution in [2.75, 3.05) is 6.61 Å². The fourth-order valence-corrected chi connectivity index (χ4v) is 1.57. The molecule has 0 fully saturated rings. The fourth-order valence-electron chi connectivity index (χ4n) is 1.57. The molecule has 0 aromatic carbocycles. The minimum absolute atomic E-state index is 0.499. The molecule has 1 atom stereocenters. The van der Waals surface area contributed by atoms with Crippen LogP contribution in [0.25, 0.3) is 0 Å². The Morgan fingerprint density at radius 1 is 1.54 bits per heavy atom. The van der Waals surface area contributed by atoms with Gasteiger partial charge in [0.15, 0.2) is 5.82 Å². The molecule has 1 aromatic rings. The van der Waals surface area contributed by atoms with Crippen molar-refractivity contribution in [1.29, 1.82) is 0 Å². The number of rotatable bonds is 2. The second-order valence-electron chi connectivity index (χ2n) is 3.49. The molecule has 0 bridgehead atoms. The van der Waals surface area contributed by atoms with E-state index in [1.54, 1.807) is 0 Å². The monoisotopic (exact) mass is 181 g/mol. The molecule has 1 aliphatic rings. The predicted octanol–water partition coefficient (Wildman–Crippen LogP) is 1.32. The van der Waals surface area contributed by atoms with E-state index in [9.17, 15) is 0 Å². The van der Waals surface area contributed by atoms with Crippen LogP contribution in [0.1, 0.15) is 37.8 Å². The highest BCUT2D eigenvalue weighted by Crippen LogP contribution is 2.19. The van der Waals surface area contributed by atoms with E-state index in [2.05, 4.69) is 28.6 Å². The fraction of sp³-hybridized carbons (Fsp3) is 0.778. The van der Waals surface area contributed by atoms with Crippen LogP contribution in [0.3, 0.4) is 0 Å². The van der Waals surface area contributed by atoms with Crippen LogP contribution in [0.2, 0.25) is 0 Å². The Labute approximate surface area is 77.9 Å². The van der Waals surface area contributed by atoms with Crippen molar-refractivity contribution >= 4 is 0 Å². The van der Waals surface area contributed by atoms with E-state index in [1.165, 1.54) is 0 Å². The van der Waals surface area contributed by atoms with E-state index < -0.39 is 0 Å². The molecule has 4 heteroatoms. The molecule has 0 N–H and O–H groups in total. The number of aromatic nitrogens is 3. The van der Waals surface area contributed by atoms with E-state index in [-0.39, 0.29) is 0 Å².